The molecule has 2 N–H and O–H groups in total. The molecule has 0 atom stereocenters. The summed E-state index contributed by atoms with van der Waals surface area (Å²) in [4.78, 5) is 33.7. The minimum absolute atomic E-state index is 0.0499. The smallest absolute Gasteiger partial charge is 0.339 e. The monoisotopic (exact) mass is 268 g/mol. The zero-order valence-corrected chi connectivity index (χ0v) is 10.1. The predicted molar refractivity (Wildman–Crippen MR) is 62.5 cm³/mol. The lowest BCUT2D eigenvalue weighted by molar-refractivity contribution is 0.0381. The fourth-order valence-electron chi connectivity index (χ4n) is 1.43. The fraction of sp³-hybridized carbons (Fsp3) is 0.250. The van der Waals surface area contributed by atoms with Gasteiger partial charge < -0.3 is 19.7 Å². The first-order valence-electron chi connectivity index (χ1n) is 5.24. The van der Waals surface area contributed by atoms with E-state index in [-0.39, 0.29) is 18.8 Å². The highest BCUT2D eigenvalue weighted by molar-refractivity contribution is 6.09. The molecule has 0 spiro atoms. The predicted octanol–water partition coefficient (Wildman–Crippen LogP) is 0.886. The summed E-state index contributed by atoms with van der Waals surface area (Å²) >= 11 is 0. The van der Waals surface area contributed by atoms with Crippen LogP contribution in [0.2, 0.25) is 0 Å². The lowest BCUT2D eigenvalue weighted by Gasteiger charge is -2.08. The number of esters is 1. The van der Waals surface area contributed by atoms with Gasteiger partial charge in [0.05, 0.1) is 23.3 Å². The van der Waals surface area contributed by atoms with Gasteiger partial charge in [-0.25, -0.2) is 14.4 Å². The molecule has 0 aromatic heterocycles. The van der Waals surface area contributed by atoms with Crippen LogP contribution in [0.3, 0.4) is 0 Å². The first kappa shape index (κ1) is 14.7. The molecule has 0 unspecified atom stereocenters. The molecule has 0 saturated carbocycles. The number of carboxylic acids is 2. The van der Waals surface area contributed by atoms with Crippen molar-refractivity contribution in [3.63, 3.8) is 0 Å². The van der Waals surface area contributed by atoms with Gasteiger partial charge in [-0.05, 0) is 12.1 Å². The summed E-state index contributed by atoms with van der Waals surface area (Å²) in [6.07, 6.45) is 0. The molecule has 0 aliphatic rings. The molecule has 0 radical (unpaired) electrons. The number of hydrogen-bond acceptors (Lipinski definition) is 5. The van der Waals surface area contributed by atoms with Gasteiger partial charge in [0.25, 0.3) is 0 Å². The zero-order valence-electron chi connectivity index (χ0n) is 10.1. The summed E-state index contributed by atoms with van der Waals surface area (Å²) in [5, 5.41) is 17.9. The quantitative estimate of drug-likeness (QED) is 0.582. The number of rotatable bonds is 6. The van der Waals surface area contributed by atoms with E-state index >= 15 is 0 Å². The van der Waals surface area contributed by atoms with E-state index in [1.54, 1.807) is 0 Å². The van der Waals surface area contributed by atoms with Gasteiger partial charge >= 0.3 is 17.9 Å². The average Bonchev–Trinajstić information content (AvgIpc) is 2.37. The number of aromatic carboxylic acids is 2. The molecule has 0 heterocycles. The minimum Gasteiger partial charge on any atom is -0.478 e. The molecule has 1 aromatic carbocycles. The highest BCUT2D eigenvalue weighted by atomic mass is 16.6. The highest BCUT2D eigenvalue weighted by Crippen LogP contribution is 2.16. The van der Waals surface area contributed by atoms with Crippen LogP contribution in [0.5, 0.6) is 0 Å². The number of carboxylic acid groups (broad SMARTS) is 2. The minimum atomic E-state index is -1.50. The van der Waals surface area contributed by atoms with Crippen LogP contribution < -0.4 is 0 Å². The molecular weight excluding hydrogens is 256 g/mol. The van der Waals surface area contributed by atoms with Crippen molar-refractivity contribution in [2.45, 2.75) is 0 Å². The van der Waals surface area contributed by atoms with E-state index in [0.717, 1.165) is 6.07 Å². The number of ether oxygens (including phenoxy) is 2. The van der Waals surface area contributed by atoms with Crippen LogP contribution in [0, 0.1) is 0 Å². The lowest BCUT2D eigenvalue weighted by Crippen LogP contribution is -2.17. The Balaban J connectivity index is 3.13. The van der Waals surface area contributed by atoms with Gasteiger partial charge in [-0.1, -0.05) is 6.07 Å². The first-order valence-corrected chi connectivity index (χ1v) is 5.24. The maximum absolute atomic E-state index is 11.7. The molecule has 0 fully saturated rings. The van der Waals surface area contributed by atoms with E-state index in [4.69, 9.17) is 14.9 Å². The van der Waals surface area contributed by atoms with Crippen molar-refractivity contribution in [2.24, 2.45) is 0 Å². The first-order chi connectivity index (χ1) is 8.99. The fourth-order valence-corrected chi connectivity index (χ4v) is 1.43. The van der Waals surface area contributed by atoms with E-state index in [2.05, 4.69) is 4.74 Å². The molecule has 7 heteroatoms. The molecule has 102 valence electrons. The Bertz CT molecular complexity index is 507. The van der Waals surface area contributed by atoms with Crippen LogP contribution in [0.1, 0.15) is 31.1 Å². The van der Waals surface area contributed by atoms with Crippen LogP contribution in [-0.4, -0.2) is 48.4 Å². The number of benzene rings is 1. The molecular formula is C12H12O7. The van der Waals surface area contributed by atoms with Crippen LogP contribution in [-0.2, 0) is 9.47 Å². The third kappa shape index (κ3) is 3.52. The zero-order chi connectivity index (χ0) is 14.4. The number of methoxy groups -OCH3 is 1. The Morgan fingerprint density at radius 1 is 1.05 bits per heavy atom. The Kier molecular flexibility index (Phi) is 5.01. The summed E-state index contributed by atoms with van der Waals surface area (Å²) in [6, 6.07) is 3.59. The SMILES string of the molecule is COCCOC(=O)c1cccc(C(=O)O)c1C(=O)O. The summed E-state index contributed by atoms with van der Waals surface area (Å²) in [5.74, 6) is -3.84. The molecule has 19 heavy (non-hydrogen) atoms. The van der Waals surface area contributed by atoms with Crippen molar-refractivity contribution in [1.82, 2.24) is 0 Å². The molecule has 0 saturated heterocycles. The van der Waals surface area contributed by atoms with Gasteiger partial charge in [0.2, 0.25) is 0 Å². The maximum atomic E-state index is 11.7. The van der Waals surface area contributed by atoms with E-state index in [0.29, 0.717) is 0 Å². The van der Waals surface area contributed by atoms with E-state index in [9.17, 15) is 14.4 Å². The number of hydrogen-bond donors (Lipinski definition) is 2. The Labute approximate surface area is 108 Å². The van der Waals surface area contributed by atoms with Crippen molar-refractivity contribution >= 4 is 17.9 Å². The van der Waals surface area contributed by atoms with Gasteiger partial charge in [0.1, 0.15) is 6.61 Å². The largest absolute Gasteiger partial charge is 0.478 e. The molecule has 7 nitrogen and oxygen atoms in total. The van der Waals surface area contributed by atoms with Crippen molar-refractivity contribution in [3.8, 4) is 0 Å². The van der Waals surface area contributed by atoms with E-state index < -0.39 is 29.0 Å². The molecule has 0 amide bonds. The summed E-state index contributed by atoms with van der Waals surface area (Å²) < 4.78 is 9.45. The van der Waals surface area contributed by atoms with E-state index in [1.165, 1.54) is 19.2 Å². The second-order valence-corrected chi connectivity index (χ2v) is 3.47. The van der Waals surface area contributed by atoms with Crippen molar-refractivity contribution in [1.29, 1.82) is 0 Å². The molecule has 1 rings (SSSR count). The van der Waals surface area contributed by atoms with Crippen LogP contribution in [0.4, 0.5) is 0 Å². The van der Waals surface area contributed by atoms with Crippen LogP contribution >= 0.6 is 0 Å². The van der Waals surface area contributed by atoms with Gasteiger partial charge in [-0.15, -0.1) is 0 Å². The van der Waals surface area contributed by atoms with Crippen molar-refractivity contribution in [3.05, 3.63) is 34.9 Å². The van der Waals surface area contributed by atoms with Crippen LogP contribution in [0.15, 0.2) is 18.2 Å². The Morgan fingerprint density at radius 3 is 2.21 bits per heavy atom. The third-order valence-corrected chi connectivity index (χ3v) is 2.25. The van der Waals surface area contributed by atoms with Crippen molar-refractivity contribution < 1.29 is 34.1 Å². The normalized spacial score (nSPS) is 9.95. The topological polar surface area (TPSA) is 110 Å². The van der Waals surface area contributed by atoms with Crippen LogP contribution in [0.25, 0.3) is 0 Å². The van der Waals surface area contributed by atoms with Gasteiger partial charge in [-0.3, -0.25) is 0 Å². The Morgan fingerprint density at radius 2 is 1.68 bits per heavy atom. The van der Waals surface area contributed by atoms with Gasteiger partial charge in [0.15, 0.2) is 0 Å². The van der Waals surface area contributed by atoms with Crippen molar-refractivity contribution in [2.75, 3.05) is 20.3 Å². The highest BCUT2D eigenvalue weighted by Gasteiger charge is 2.24. The molecule has 0 aliphatic carbocycles. The molecule has 1 aromatic rings. The summed E-state index contributed by atoms with van der Waals surface area (Å²) in [6.45, 7) is 0.110. The Hall–Kier alpha value is -2.41. The standard InChI is InChI=1S/C12H12O7/c1-18-5-6-19-12(17)8-4-2-3-7(10(13)14)9(8)11(15)16/h2-4H,5-6H2,1H3,(H,13,14)(H,15,16). The average molecular weight is 268 g/mol. The second-order valence-electron chi connectivity index (χ2n) is 3.47. The second kappa shape index (κ2) is 6.50. The van der Waals surface area contributed by atoms with E-state index in [1.807, 2.05) is 0 Å². The summed E-state index contributed by atoms with van der Waals surface area (Å²) in [7, 11) is 1.42. The third-order valence-electron chi connectivity index (χ3n) is 2.25. The number of carbonyl (C=O) groups is 3. The maximum Gasteiger partial charge on any atom is 0.339 e. The summed E-state index contributed by atoms with van der Waals surface area (Å²) in [5.41, 5.74) is -1.35. The number of carbonyl (C=O) groups excluding carboxylic acids is 1. The molecule has 0 bridgehead atoms. The van der Waals surface area contributed by atoms with Gasteiger partial charge in [-0.2, -0.15) is 0 Å². The lowest BCUT2D eigenvalue weighted by atomic mass is 10.0. The van der Waals surface area contributed by atoms with Gasteiger partial charge in [0, 0.05) is 7.11 Å². The molecule has 0 aliphatic heterocycles.